The summed E-state index contributed by atoms with van der Waals surface area (Å²) in [5.41, 5.74) is -0.756. The number of amides is 1. The average Bonchev–Trinajstić information content (AvgIpc) is 2.41. The Balaban J connectivity index is 2.51. The van der Waals surface area contributed by atoms with E-state index in [4.69, 9.17) is 16.3 Å². The monoisotopic (exact) mass is 324 g/mol. The number of hydrogen-bond acceptors (Lipinski definition) is 3. The van der Waals surface area contributed by atoms with E-state index >= 15 is 0 Å². The Labute approximate surface area is 125 Å². The van der Waals surface area contributed by atoms with Gasteiger partial charge in [0.25, 0.3) is 0 Å². The van der Waals surface area contributed by atoms with Crippen LogP contribution in [0.2, 0.25) is 5.02 Å². The van der Waals surface area contributed by atoms with E-state index in [2.05, 4.69) is 10.6 Å². The van der Waals surface area contributed by atoms with Gasteiger partial charge in [-0.2, -0.15) is 13.2 Å². The third kappa shape index (κ3) is 6.22. The number of benzene rings is 1. The second-order valence-corrected chi connectivity index (χ2v) is 4.65. The van der Waals surface area contributed by atoms with Crippen LogP contribution in [0.5, 0.6) is 0 Å². The van der Waals surface area contributed by atoms with E-state index in [0.29, 0.717) is 19.6 Å². The molecular formula is C13H16ClF3N2O2. The van der Waals surface area contributed by atoms with E-state index in [1.165, 1.54) is 6.07 Å². The summed E-state index contributed by atoms with van der Waals surface area (Å²) >= 11 is 5.50. The van der Waals surface area contributed by atoms with Gasteiger partial charge in [-0.15, -0.1) is 0 Å². The van der Waals surface area contributed by atoms with E-state index in [1.54, 1.807) is 7.11 Å². The molecule has 1 rings (SSSR count). The molecule has 118 valence electrons. The predicted molar refractivity (Wildman–Crippen MR) is 74.4 cm³/mol. The number of nitrogens with one attached hydrogen (secondary N) is 2. The van der Waals surface area contributed by atoms with Crippen LogP contribution in [0.25, 0.3) is 0 Å². The zero-order chi connectivity index (χ0) is 15.9. The molecule has 1 aromatic carbocycles. The molecular weight excluding hydrogens is 309 g/mol. The first kappa shape index (κ1) is 17.6. The zero-order valence-electron chi connectivity index (χ0n) is 11.4. The van der Waals surface area contributed by atoms with Gasteiger partial charge in [0.15, 0.2) is 0 Å². The largest absolute Gasteiger partial charge is 0.417 e. The molecule has 0 bridgehead atoms. The lowest BCUT2D eigenvalue weighted by Gasteiger charge is -2.12. The maximum absolute atomic E-state index is 12.7. The molecule has 0 aliphatic heterocycles. The summed E-state index contributed by atoms with van der Waals surface area (Å²) in [7, 11) is 1.56. The fourth-order valence-corrected chi connectivity index (χ4v) is 1.77. The first-order valence-corrected chi connectivity index (χ1v) is 6.58. The van der Waals surface area contributed by atoms with Crippen molar-refractivity contribution in [3.05, 3.63) is 28.8 Å². The summed E-state index contributed by atoms with van der Waals surface area (Å²) in [6, 6.07) is 3.40. The number of ether oxygens (including phenoxy) is 1. The maximum Gasteiger partial charge on any atom is 0.417 e. The highest BCUT2D eigenvalue weighted by Gasteiger charge is 2.33. The van der Waals surface area contributed by atoms with Crippen molar-refractivity contribution < 1.29 is 22.7 Å². The lowest BCUT2D eigenvalue weighted by Crippen LogP contribution is -2.31. The topological polar surface area (TPSA) is 50.4 Å². The van der Waals surface area contributed by atoms with Crippen molar-refractivity contribution in [1.29, 1.82) is 0 Å². The van der Waals surface area contributed by atoms with Gasteiger partial charge in [0.05, 0.1) is 17.1 Å². The number of methoxy groups -OCH3 is 1. The van der Waals surface area contributed by atoms with E-state index < -0.39 is 11.7 Å². The normalized spacial score (nSPS) is 11.3. The number of carbonyl (C=O) groups excluding carboxylic acids is 1. The Morgan fingerprint density at radius 3 is 2.71 bits per heavy atom. The molecule has 2 N–H and O–H groups in total. The molecule has 1 aromatic rings. The quantitative estimate of drug-likeness (QED) is 0.758. The fraction of sp³-hybridized carbons (Fsp3) is 0.462. The van der Waals surface area contributed by atoms with Gasteiger partial charge in [-0.05, 0) is 24.6 Å². The summed E-state index contributed by atoms with van der Waals surface area (Å²) in [6.45, 7) is 0.856. The van der Waals surface area contributed by atoms with Crippen molar-refractivity contribution in [2.75, 3.05) is 32.1 Å². The van der Waals surface area contributed by atoms with Crippen molar-refractivity contribution >= 4 is 23.2 Å². The Morgan fingerprint density at radius 2 is 2.10 bits per heavy atom. The van der Waals surface area contributed by atoms with Gasteiger partial charge in [-0.25, -0.2) is 0 Å². The number of hydrogen-bond donors (Lipinski definition) is 2. The molecule has 0 spiro atoms. The number of alkyl halides is 3. The smallest absolute Gasteiger partial charge is 0.385 e. The van der Waals surface area contributed by atoms with Crippen molar-refractivity contribution in [3.8, 4) is 0 Å². The molecule has 0 aromatic heterocycles. The minimum atomic E-state index is -4.53. The van der Waals surface area contributed by atoms with Gasteiger partial charge in [0, 0.05) is 25.9 Å². The zero-order valence-corrected chi connectivity index (χ0v) is 12.1. The van der Waals surface area contributed by atoms with Crippen LogP contribution >= 0.6 is 11.6 Å². The molecule has 0 saturated carbocycles. The maximum atomic E-state index is 12.7. The van der Waals surface area contributed by atoms with Crippen LogP contribution in [0, 0.1) is 0 Å². The van der Waals surface area contributed by atoms with Crippen LogP contribution in [0.15, 0.2) is 18.2 Å². The summed E-state index contributed by atoms with van der Waals surface area (Å²) < 4.78 is 42.8. The lowest BCUT2D eigenvalue weighted by molar-refractivity contribution is -0.137. The van der Waals surface area contributed by atoms with Gasteiger partial charge in [-0.3, -0.25) is 4.79 Å². The minimum Gasteiger partial charge on any atom is -0.385 e. The van der Waals surface area contributed by atoms with Crippen molar-refractivity contribution in [2.24, 2.45) is 0 Å². The van der Waals surface area contributed by atoms with Gasteiger partial charge >= 0.3 is 6.18 Å². The third-order valence-corrected chi connectivity index (χ3v) is 2.90. The molecule has 0 fully saturated rings. The average molecular weight is 325 g/mol. The highest BCUT2D eigenvalue weighted by molar-refractivity contribution is 6.31. The predicted octanol–water partition coefficient (Wildman–Crippen LogP) is 2.92. The van der Waals surface area contributed by atoms with Gasteiger partial charge in [-0.1, -0.05) is 11.6 Å². The van der Waals surface area contributed by atoms with Crippen LogP contribution in [0.1, 0.15) is 12.0 Å². The summed E-state index contributed by atoms with van der Waals surface area (Å²) in [5.74, 6) is -0.311. The van der Waals surface area contributed by atoms with E-state index in [-0.39, 0.29) is 23.2 Å². The molecule has 0 saturated heterocycles. The molecule has 1 amide bonds. The number of carbonyl (C=O) groups is 1. The Kier molecular flexibility index (Phi) is 6.77. The van der Waals surface area contributed by atoms with Crippen LogP contribution in [-0.2, 0) is 15.7 Å². The first-order valence-electron chi connectivity index (χ1n) is 6.21. The highest BCUT2D eigenvalue weighted by atomic mass is 35.5. The van der Waals surface area contributed by atoms with Gasteiger partial charge < -0.3 is 15.4 Å². The van der Waals surface area contributed by atoms with Crippen molar-refractivity contribution in [1.82, 2.24) is 5.32 Å². The van der Waals surface area contributed by atoms with Gasteiger partial charge in [0.2, 0.25) is 5.91 Å². The second-order valence-electron chi connectivity index (χ2n) is 4.24. The molecule has 21 heavy (non-hydrogen) atoms. The summed E-state index contributed by atoms with van der Waals surface area (Å²) in [4.78, 5) is 11.5. The second kappa shape index (κ2) is 8.09. The molecule has 0 aliphatic rings. The number of rotatable bonds is 7. The summed E-state index contributed by atoms with van der Waals surface area (Å²) in [5, 5.41) is 4.86. The highest BCUT2D eigenvalue weighted by Crippen LogP contribution is 2.36. The van der Waals surface area contributed by atoms with Crippen LogP contribution in [0.4, 0.5) is 18.9 Å². The fourth-order valence-electron chi connectivity index (χ4n) is 1.54. The molecule has 0 atom stereocenters. The Morgan fingerprint density at radius 1 is 1.38 bits per heavy atom. The number of halogens is 4. The third-order valence-electron chi connectivity index (χ3n) is 2.57. The molecule has 0 aliphatic carbocycles. The molecule has 8 heteroatoms. The molecule has 0 unspecified atom stereocenters. The van der Waals surface area contributed by atoms with Crippen molar-refractivity contribution in [2.45, 2.75) is 12.6 Å². The molecule has 0 heterocycles. The van der Waals surface area contributed by atoms with E-state index in [1.807, 2.05) is 0 Å². The van der Waals surface area contributed by atoms with Crippen LogP contribution in [-0.4, -0.2) is 32.7 Å². The van der Waals surface area contributed by atoms with E-state index in [9.17, 15) is 18.0 Å². The van der Waals surface area contributed by atoms with Gasteiger partial charge in [0.1, 0.15) is 0 Å². The molecule has 0 radical (unpaired) electrons. The van der Waals surface area contributed by atoms with E-state index in [0.717, 1.165) is 12.1 Å². The summed E-state index contributed by atoms with van der Waals surface area (Å²) in [6.07, 6.45) is -3.86. The standard InChI is InChI=1S/C13H16ClF3N2O2/c1-21-6-2-5-18-12(20)8-19-9-3-4-11(14)10(7-9)13(15,16)17/h3-4,7,19H,2,5-6,8H2,1H3,(H,18,20). The molecule has 4 nitrogen and oxygen atoms in total. The van der Waals surface area contributed by atoms with Crippen LogP contribution < -0.4 is 10.6 Å². The van der Waals surface area contributed by atoms with Crippen molar-refractivity contribution in [3.63, 3.8) is 0 Å². The van der Waals surface area contributed by atoms with Crippen LogP contribution in [0.3, 0.4) is 0 Å². The Hall–Kier alpha value is -1.47. The first-order chi connectivity index (χ1) is 9.84. The minimum absolute atomic E-state index is 0.119. The Bertz CT molecular complexity index is 481. The lowest BCUT2D eigenvalue weighted by atomic mass is 10.2. The SMILES string of the molecule is COCCCNC(=O)CNc1ccc(Cl)c(C(F)(F)F)c1. The number of anilines is 1.